The third kappa shape index (κ3) is 2.96. The van der Waals surface area contributed by atoms with E-state index < -0.39 is 11.8 Å². The number of carbonyl (C=O) groups is 2. The predicted molar refractivity (Wildman–Crippen MR) is 58.7 cm³/mol. The number of likely N-dealkylation sites (N-methyl/N-ethyl adjacent to an activating group) is 1. The molecule has 2 amide bonds. The van der Waals surface area contributed by atoms with Crippen molar-refractivity contribution in [2.24, 2.45) is 0 Å². The first kappa shape index (κ1) is 12.0. The average molecular weight is 231 g/mol. The average Bonchev–Trinajstić information content (AvgIpc) is 2.25. The van der Waals surface area contributed by atoms with Crippen LogP contribution in [0.5, 0.6) is 0 Å². The molecule has 1 aliphatic rings. The monoisotopic (exact) mass is 230 g/mol. The van der Waals surface area contributed by atoms with Crippen molar-refractivity contribution in [3.8, 4) is 0 Å². The maximum atomic E-state index is 11.6. The van der Waals surface area contributed by atoms with Crippen LogP contribution in [0.2, 0.25) is 0 Å². The number of carbonyl (C=O) groups excluding carboxylic acids is 2. The Kier molecular flexibility index (Phi) is 4.62. The van der Waals surface area contributed by atoms with Crippen LogP contribution in [0.4, 0.5) is 0 Å². The summed E-state index contributed by atoms with van der Waals surface area (Å²) in [6, 6.07) is 0. The van der Waals surface area contributed by atoms with Crippen LogP contribution in [0, 0.1) is 0 Å². The molecule has 0 aromatic carbocycles. The normalized spacial score (nSPS) is 18.0. The lowest BCUT2D eigenvalue weighted by atomic mass is 10.3. The van der Waals surface area contributed by atoms with Crippen LogP contribution in [-0.2, 0) is 9.59 Å². The maximum absolute atomic E-state index is 11.6. The molecule has 1 fully saturated rings. The first-order chi connectivity index (χ1) is 7.20. The van der Waals surface area contributed by atoms with Gasteiger partial charge in [-0.1, -0.05) is 12.2 Å². The van der Waals surface area contributed by atoms with E-state index in [-0.39, 0.29) is 0 Å². The lowest BCUT2D eigenvalue weighted by molar-refractivity contribution is -0.155. The van der Waals surface area contributed by atoms with Gasteiger partial charge >= 0.3 is 11.8 Å². The molecule has 0 atom stereocenters. The van der Waals surface area contributed by atoms with Crippen molar-refractivity contribution in [1.29, 1.82) is 0 Å². The first-order valence-corrected chi connectivity index (χ1v) is 5.53. The zero-order chi connectivity index (χ0) is 11.3. The van der Waals surface area contributed by atoms with Gasteiger partial charge in [-0.25, -0.2) is 0 Å². The molecule has 0 aromatic heterocycles. The molecule has 0 saturated carbocycles. The number of halogens is 1. The second-order valence-electron chi connectivity index (χ2n) is 3.26. The van der Waals surface area contributed by atoms with Crippen LogP contribution in [0.25, 0.3) is 0 Å². The summed E-state index contributed by atoms with van der Waals surface area (Å²) < 4.78 is 0. The molecule has 0 aromatic rings. The van der Waals surface area contributed by atoms with Gasteiger partial charge in [0, 0.05) is 32.1 Å². The molecule has 84 valence electrons. The van der Waals surface area contributed by atoms with Crippen molar-refractivity contribution in [2.75, 3.05) is 32.1 Å². The fraction of sp³-hybridized carbons (Fsp3) is 0.600. The quantitative estimate of drug-likeness (QED) is 0.400. The Morgan fingerprint density at radius 1 is 1.20 bits per heavy atom. The first-order valence-electron chi connectivity index (χ1n) is 4.99. The van der Waals surface area contributed by atoms with E-state index in [1.165, 1.54) is 4.90 Å². The van der Waals surface area contributed by atoms with Crippen molar-refractivity contribution >= 4 is 23.4 Å². The molecule has 1 saturated heterocycles. The summed E-state index contributed by atoms with van der Waals surface area (Å²) in [5.74, 6) is -0.387. The topological polar surface area (TPSA) is 40.6 Å². The molecule has 4 nitrogen and oxygen atoms in total. The summed E-state index contributed by atoms with van der Waals surface area (Å²) in [4.78, 5) is 26.1. The van der Waals surface area contributed by atoms with E-state index in [2.05, 4.69) is 0 Å². The van der Waals surface area contributed by atoms with Crippen LogP contribution < -0.4 is 0 Å². The number of nitrogens with zero attached hydrogens (tertiary/aromatic N) is 2. The second-order valence-corrected chi connectivity index (χ2v) is 3.57. The summed E-state index contributed by atoms with van der Waals surface area (Å²) >= 11 is 5.46. The second kappa shape index (κ2) is 5.75. The molecule has 15 heavy (non-hydrogen) atoms. The standard InChI is InChI=1S/C10H15ClN2O2/c1-2-12-7-8-13(6-4-3-5-11)10(15)9(12)14/h3-4H,2,5-8H2,1H3. The van der Waals surface area contributed by atoms with E-state index in [0.717, 1.165) is 0 Å². The van der Waals surface area contributed by atoms with E-state index in [1.54, 1.807) is 17.1 Å². The van der Waals surface area contributed by atoms with Crippen LogP contribution in [-0.4, -0.2) is 53.7 Å². The van der Waals surface area contributed by atoms with E-state index in [0.29, 0.717) is 32.1 Å². The molecule has 5 heteroatoms. The van der Waals surface area contributed by atoms with E-state index >= 15 is 0 Å². The van der Waals surface area contributed by atoms with Crippen molar-refractivity contribution in [3.63, 3.8) is 0 Å². The molecule has 1 rings (SSSR count). The van der Waals surface area contributed by atoms with Crippen LogP contribution in [0.15, 0.2) is 12.2 Å². The summed E-state index contributed by atoms with van der Waals surface area (Å²) in [5, 5.41) is 0. The van der Waals surface area contributed by atoms with Gasteiger partial charge in [0.2, 0.25) is 0 Å². The van der Waals surface area contributed by atoms with Gasteiger partial charge in [0.15, 0.2) is 0 Å². The van der Waals surface area contributed by atoms with Gasteiger partial charge in [0.1, 0.15) is 0 Å². The lowest BCUT2D eigenvalue weighted by Crippen LogP contribution is -2.54. The molecule has 1 aliphatic heterocycles. The number of allylic oxidation sites excluding steroid dienone is 1. The van der Waals surface area contributed by atoms with Gasteiger partial charge in [-0.15, -0.1) is 11.6 Å². The SMILES string of the molecule is CCN1CCN(CC=CCCl)C(=O)C1=O. The molecule has 0 radical (unpaired) electrons. The molecule has 0 aliphatic carbocycles. The lowest BCUT2D eigenvalue weighted by Gasteiger charge is -2.32. The zero-order valence-electron chi connectivity index (χ0n) is 8.78. The predicted octanol–water partition coefficient (Wildman–Crippen LogP) is 0.472. The van der Waals surface area contributed by atoms with E-state index in [1.807, 2.05) is 6.92 Å². The minimum Gasteiger partial charge on any atom is -0.333 e. The van der Waals surface area contributed by atoms with Crippen molar-refractivity contribution in [2.45, 2.75) is 6.92 Å². The molecule has 1 heterocycles. The number of amides is 2. The Morgan fingerprint density at radius 3 is 2.40 bits per heavy atom. The highest BCUT2D eigenvalue weighted by atomic mass is 35.5. The summed E-state index contributed by atoms with van der Waals surface area (Å²) in [6.07, 6.45) is 3.57. The minimum atomic E-state index is -0.415. The molecule has 0 unspecified atom stereocenters. The van der Waals surface area contributed by atoms with Crippen molar-refractivity contribution < 1.29 is 9.59 Å². The number of rotatable bonds is 4. The van der Waals surface area contributed by atoms with Crippen LogP contribution >= 0.6 is 11.6 Å². The maximum Gasteiger partial charge on any atom is 0.312 e. The molecular weight excluding hydrogens is 216 g/mol. The van der Waals surface area contributed by atoms with Gasteiger partial charge in [-0.05, 0) is 6.92 Å². The van der Waals surface area contributed by atoms with E-state index in [4.69, 9.17) is 11.6 Å². The van der Waals surface area contributed by atoms with Crippen molar-refractivity contribution in [3.05, 3.63) is 12.2 Å². The third-order valence-electron chi connectivity index (χ3n) is 2.36. The number of alkyl halides is 1. The van der Waals surface area contributed by atoms with Gasteiger partial charge in [0.25, 0.3) is 0 Å². The minimum absolute atomic E-state index is 0.400. The van der Waals surface area contributed by atoms with Crippen LogP contribution in [0.3, 0.4) is 0 Å². The molecular formula is C10H15ClN2O2. The third-order valence-corrected chi connectivity index (χ3v) is 2.54. The Labute approximate surface area is 94.5 Å². The summed E-state index contributed by atoms with van der Waals surface area (Å²) in [6.45, 7) is 4.15. The Bertz CT molecular complexity index is 279. The highest BCUT2D eigenvalue weighted by Gasteiger charge is 2.30. The Hall–Kier alpha value is -1.03. The smallest absolute Gasteiger partial charge is 0.312 e. The van der Waals surface area contributed by atoms with Crippen LogP contribution in [0.1, 0.15) is 6.92 Å². The van der Waals surface area contributed by atoms with E-state index in [9.17, 15) is 9.59 Å². The largest absolute Gasteiger partial charge is 0.333 e. The highest BCUT2D eigenvalue weighted by molar-refractivity contribution is 6.35. The fourth-order valence-corrected chi connectivity index (χ4v) is 1.58. The Balaban J connectivity index is 2.53. The molecule has 0 bridgehead atoms. The van der Waals surface area contributed by atoms with Gasteiger partial charge in [-0.2, -0.15) is 0 Å². The number of hydrogen-bond acceptors (Lipinski definition) is 2. The van der Waals surface area contributed by atoms with Gasteiger partial charge < -0.3 is 9.80 Å². The van der Waals surface area contributed by atoms with Crippen molar-refractivity contribution in [1.82, 2.24) is 9.80 Å². The highest BCUT2D eigenvalue weighted by Crippen LogP contribution is 2.04. The van der Waals surface area contributed by atoms with Gasteiger partial charge in [0.05, 0.1) is 0 Å². The summed E-state index contributed by atoms with van der Waals surface area (Å²) in [7, 11) is 0. The van der Waals surface area contributed by atoms with Gasteiger partial charge in [-0.3, -0.25) is 9.59 Å². The molecule has 0 spiro atoms. The number of hydrogen-bond donors (Lipinski definition) is 0. The number of piperazine rings is 1. The fourth-order valence-electron chi connectivity index (χ4n) is 1.46. The Morgan fingerprint density at radius 2 is 1.80 bits per heavy atom. The summed E-state index contributed by atoms with van der Waals surface area (Å²) in [5.41, 5.74) is 0. The zero-order valence-corrected chi connectivity index (χ0v) is 9.54. The molecule has 0 N–H and O–H groups in total.